The molecule has 0 saturated heterocycles. The lowest BCUT2D eigenvalue weighted by Crippen LogP contribution is -2.03. The first-order chi connectivity index (χ1) is 11.0. The standard InChI is InChI=1S/C16H11FN2O4/c1-23-16(22)9-6-7-19-12(8-9)13(15(20)21)18-14(19)10-4-2-3-5-11(10)17/h2-8H,1H3,(H,20,21). The summed E-state index contributed by atoms with van der Waals surface area (Å²) in [4.78, 5) is 27.0. The van der Waals surface area contributed by atoms with Crippen molar-refractivity contribution in [3.05, 3.63) is 59.7 Å². The van der Waals surface area contributed by atoms with E-state index in [1.807, 2.05) is 0 Å². The Bertz CT molecular complexity index is 933. The third kappa shape index (κ3) is 2.42. The summed E-state index contributed by atoms with van der Waals surface area (Å²) in [5.74, 6) is -2.25. The maximum absolute atomic E-state index is 14.0. The fraction of sp³-hybridized carbons (Fsp3) is 0.0625. The Morgan fingerprint density at radius 2 is 2.00 bits per heavy atom. The SMILES string of the molecule is COC(=O)c1ccn2c(-c3ccccc3F)nc(C(=O)O)c2c1. The number of aromatic nitrogens is 2. The maximum Gasteiger partial charge on any atom is 0.356 e. The number of hydrogen-bond donors (Lipinski definition) is 1. The highest BCUT2D eigenvalue weighted by Gasteiger charge is 2.21. The summed E-state index contributed by atoms with van der Waals surface area (Å²) in [7, 11) is 1.23. The second-order valence-corrected chi connectivity index (χ2v) is 4.73. The predicted molar refractivity (Wildman–Crippen MR) is 78.9 cm³/mol. The molecule has 0 aliphatic heterocycles. The van der Waals surface area contributed by atoms with Gasteiger partial charge in [-0.1, -0.05) is 12.1 Å². The molecule has 0 fully saturated rings. The van der Waals surface area contributed by atoms with Crippen LogP contribution >= 0.6 is 0 Å². The lowest BCUT2D eigenvalue weighted by molar-refractivity contribution is 0.0599. The Morgan fingerprint density at radius 3 is 2.65 bits per heavy atom. The van der Waals surface area contributed by atoms with Crippen LogP contribution in [0.5, 0.6) is 0 Å². The number of ether oxygens (including phenoxy) is 1. The zero-order chi connectivity index (χ0) is 16.6. The number of carboxylic acid groups (broad SMARTS) is 1. The van der Waals surface area contributed by atoms with Gasteiger partial charge in [-0.3, -0.25) is 4.40 Å². The highest BCUT2D eigenvalue weighted by Crippen LogP contribution is 2.26. The van der Waals surface area contributed by atoms with Crippen molar-refractivity contribution >= 4 is 17.5 Å². The number of carbonyl (C=O) groups is 2. The molecule has 6 nitrogen and oxygen atoms in total. The molecule has 0 spiro atoms. The number of imidazole rings is 1. The summed E-state index contributed by atoms with van der Waals surface area (Å²) in [5, 5.41) is 9.31. The lowest BCUT2D eigenvalue weighted by atomic mass is 10.2. The quantitative estimate of drug-likeness (QED) is 0.752. The molecule has 0 saturated carbocycles. The Morgan fingerprint density at radius 1 is 1.26 bits per heavy atom. The highest BCUT2D eigenvalue weighted by atomic mass is 19.1. The van der Waals surface area contributed by atoms with Crippen LogP contribution in [0.15, 0.2) is 42.6 Å². The zero-order valence-electron chi connectivity index (χ0n) is 12.0. The zero-order valence-corrected chi connectivity index (χ0v) is 12.0. The van der Waals surface area contributed by atoms with Crippen molar-refractivity contribution in [1.29, 1.82) is 0 Å². The van der Waals surface area contributed by atoms with E-state index in [0.29, 0.717) is 0 Å². The molecule has 0 aliphatic rings. The van der Waals surface area contributed by atoms with Gasteiger partial charge in [0.1, 0.15) is 11.6 Å². The molecule has 2 heterocycles. The van der Waals surface area contributed by atoms with E-state index in [2.05, 4.69) is 9.72 Å². The minimum absolute atomic E-state index is 0.145. The molecule has 0 amide bonds. The minimum Gasteiger partial charge on any atom is -0.476 e. The summed E-state index contributed by atoms with van der Waals surface area (Å²) in [6.45, 7) is 0. The monoisotopic (exact) mass is 314 g/mol. The minimum atomic E-state index is -1.27. The van der Waals surface area contributed by atoms with Crippen molar-refractivity contribution in [1.82, 2.24) is 9.38 Å². The number of methoxy groups -OCH3 is 1. The topological polar surface area (TPSA) is 80.9 Å². The molecular formula is C16H11FN2O4. The van der Waals surface area contributed by atoms with Crippen LogP contribution in [0.4, 0.5) is 4.39 Å². The smallest absolute Gasteiger partial charge is 0.356 e. The summed E-state index contributed by atoms with van der Waals surface area (Å²) >= 11 is 0. The van der Waals surface area contributed by atoms with Gasteiger partial charge >= 0.3 is 11.9 Å². The van der Waals surface area contributed by atoms with E-state index in [1.165, 1.54) is 48.0 Å². The lowest BCUT2D eigenvalue weighted by Gasteiger charge is -2.04. The average molecular weight is 314 g/mol. The molecule has 0 radical (unpaired) electrons. The van der Waals surface area contributed by atoms with E-state index in [-0.39, 0.29) is 28.2 Å². The van der Waals surface area contributed by atoms with Gasteiger partial charge in [-0.15, -0.1) is 0 Å². The number of fused-ring (bicyclic) bond motifs is 1. The molecular weight excluding hydrogens is 303 g/mol. The first kappa shape index (κ1) is 14.7. The predicted octanol–water partition coefficient (Wildman–Crippen LogP) is 2.63. The summed E-state index contributed by atoms with van der Waals surface area (Å²) < 4.78 is 20.0. The van der Waals surface area contributed by atoms with Crippen molar-refractivity contribution in [2.45, 2.75) is 0 Å². The molecule has 1 aromatic carbocycles. The van der Waals surface area contributed by atoms with Gasteiger partial charge in [0.25, 0.3) is 0 Å². The number of hydrogen-bond acceptors (Lipinski definition) is 4. The Hall–Kier alpha value is -3.22. The molecule has 0 unspecified atom stereocenters. The van der Waals surface area contributed by atoms with E-state index in [1.54, 1.807) is 6.07 Å². The molecule has 0 atom stereocenters. The van der Waals surface area contributed by atoms with Crippen LogP contribution in [0, 0.1) is 5.82 Å². The van der Waals surface area contributed by atoms with E-state index >= 15 is 0 Å². The number of aromatic carboxylic acids is 1. The molecule has 0 bridgehead atoms. The number of benzene rings is 1. The third-order valence-electron chi connectivity index (χ3n) is 3.38. The van der Waals surface area contributed by atoms with Gasteiger partial charge in [0.05, 0.1) is 23.8 Å². The second kappa shape index (κ2) is 5.53. The summed E-state index contributed by atoms with van der Waals surface area (Å²) in [6.07, 6.45) is 1.46. The van der Waals surface area contributed by atoms with E-state index < -0.39 is 17.8 Å². The van der Waals surface area contributed by atoms with Crippen LogP contribution < -0.4 is 0 Å². The number of carbonyl (C=O) groups excluding carboxylic acids is 1. The van der Waals surface area contributed by atoms with Gasteiger partial charge in [-0.25, -0.2) is 19.0 Å². The number of esters is 1. The van der Waals surface area contributed by atoms with Gasteiger partial charge in [-0.2, -0.15) is 0 Å². The number of nitrogens with zero attached hydrogens (tertiary/aromatic N) is 2. The summed E-state index contributed by atoms with van der Waals surface area (Å²) in [5.41, 5.74) is 0.260. The molecule has 3 rings (SSSR count). The van der Waals surface area contributed by atoms with Crippen molar-refractivity contribution in [3.63, 3.8) is 0 Å². The van der Waals surface area contributed by atoms with Crippen molar-refractivity contribution < 1.29 is 23.8 Å². The van der Waals surface area contributed by atoms with Crippen LogP contribution in [-0.2, 0) is 4.74 Å². The second-order valence-electron chi connectivity index (χ2n) is 4.73. The van der Waals surface area contributed by atoms with Gasteiger partial charge in [0.2, 0.25) is 0 Å². The van der Waals surface area contributed by atoms with Gasteiger partial charge in [-0.05, 0) is 24.3 Å². The Labute approximate surface area is 129 Å². The van der Waals surface area contributed by atoms with Crippen LogP contribution in [0.3, 0.4) is 0 Å². The summed E-state index contributed by atoms with van der Waals surface area (Å²) in [6, 6.07) is 8.73. The van der Waals surface area contributed by atoms with Crippen molar-refractivity contribution in [2.24, 2.45) is 0 Å². The molecule has 3 aromatic rings. The fourth-order valence-electron chi connectivity index (χ4n) is 2.32. The first-order valence-corrected chi connectivity index (χ1v) is 6.61. The van der Waals surface area contributed by atoms with Gasteiger partial charge in [0.15, 0.2) is 5.69 Å². The first-order valence-electron chi connectivity index (χ1n) is 6.61. The molecule has 2 aromatic heterocycles. The van der Waals surface area contributed by atoms with Crippen molar-refractivity contribution in [3.8, 4) is 11.4 Å². The molecule has 1 N–H and O–H groups in total. The fourth-order valence-corrected chi connectivity index (χ4v) is 2.32. The molecule has 0 aliphatic carbocycles. The highest BCUT2D eigenvalue weighted by molar-refractivity contribution is 5.97. The molecule has 116 valence electrons. The van der Waals surface area contributed by atoms with E-state index in [4.69, 9.17) is 0 Å². The largest absolute Gasteiger partial charge is 0.476 e. The Balaban J connectivity index is 2.31. The normalized spacial score (nSPS) is 10.7. The van der Waals surface area contributed by atoms with E-state index in [9.17, 15) is 19.1 Å². The molecule has 7 heteroatoms. The third-order valence-corrected chi connectivity index (χ3v) is 3.38. The number of rotatable bonds is 3. The van der Waals surface area contributed by atoms with Gasteiger partial charge in [0, 0.05) is 6.20 Å². The Kier molecular flexibility index (Phi) is 3.53. The van der Waals surface area contributed by atoms with Gasteiger partial charge < -0.3 is 9.84 Å². The number of carboxylic acids is 1. The van der Waals surface area contributed by atoms with Crippen molar-refractivity contribution in [2.75, 3.05) is 7.11 Å². The maximum atomic E-state index is 14.0. The van der Waals surface area contributed by atoms with Crippen LogP contribution in [0.2, 0.25) is 0 Å². The molecule has 23 heavy (non-hydrogen) atoms. The van der Waals surface area contributed by atoms with Crippen LogP contribution in [0.25, 0.3) is 16.9 Å². The number of halogens is 1. The van der Waals surface area contributed by atoms with Crippen LogP contribution in [0.1, 0.15) is 20.8 Å². The average Bonchev–Trinajstić information content (AvgIpc) is 2.93. The van der Waals surface area contributed by atoms with E-state index in [0.717, 1.165) is 0 Å². The van der Waals surface area contributed by atoms with Crippen LogP contribution in [-0.4, -0.2) is 33.5 Å². The number of pyridine rings is 1.